The first-order chi connectivity index (χ1) is 54.0. The minimum atomic E-state index is -0.336. The molecule has 0 aromatic heterocycles. The molecule has 0 spiro atoms. The van der Waals surface area contributed by atoms with E-state index >= 15 is 0 Å². The molecule has 14 fully saturated rings. The molecule has 0 radical (unpaired) electrons. The molecule has 7 atom stereocenters. The van der Waals surface area contributed by atoms with Gasteiger partial charge in [-0.1, -0.05) is 245 Å². The van der Waals surface area contributed by atoms with E-state index in [2.05, 4.69) is 192 Å². The van der Waals surface area contributed by atoms with Gasteiger partial charge in [0.15, 0.2) is 5.79 Å². The lowest BCUT2D eigenvalue weighted by atomic mass is 9.71. The molecule has 684 valence electrons. The van der Waals surface area contributed by atoms with Gasteiger partial charge < -0.3 is 39.0 Å². The van der Waals surface area contributed by atoms with Crippen molar-refractivity contribution in [2.75, 3.05) is 34.3 Å². The number of fused-ring (bicyclic) bond motifs is 2. The Bertz CT molecular complexity index is 2380. The predicted octanol–water partition coefficient (Wildman–Crippen LogP) is 27.7. The summed E-state index contributed by atoms with van der Waals surface area (Å²) in [6.45, 7) is 72.7. The molecular formula is C104H200N4O8. The molecule has 12 nitrogen and oxygen atoms in total. The second-order valence-corrected chi connectivity index (χ2v) is 45.3. The van der Waals surface area contributed by atoms with Crippen molar-refractivity contribution in [3.05, 3.63) is 0 Å². The number of hydrogen-bond acceptors (Lipinski definition) is 8. The summed E-state index contributed by atoms with van der Waals surface area (Å²) in [5.74, 6) is 25.2. The Hall–Kier alpha value is -2.44. The normalized spacial score (nSPS) is 31.9. The fourth-order valence-electron chi connectivity index (χ4n) is 19.5. The fourth-order valence-corrected chi connectivity index (χ4v) is 19.5. The van der Waals surface area contributed by atoms with Gasteiger partial charge in [-0.05, 0) is 296 Å². The Morgan fingerprint density at radius 3 is 0.793 bits per heavy atom. The van der Waals surface area contributed by atoms with Gasteiger partial charge in [-0.15, -0.1) is 0 Å². The number of hydrogen-bond donors (Lipinski definition) is 1. The topological polar surface area (TPSA) is 127 Å². The first kappa shape index (κ1) is 108. The highest BCUT2D eigenvalue weighted by atomic mass is 16.8. The largest absolute Gasteiger partial charge is 0.444 e. The van der Waals surface area contributed by atoms with E-state index in [0.717, 1.165) is 167 Å². The number of rotatable bonds is 16. The molecular weight excluding hydrogens is 1430 g/mol. The first-order valence-electron chi connectivity index (χ1n) is 49.6. The highest BCUT2D eigenvalue weighted by molar-refractivity contribution is 5.74. The third kappa shape index (κ3) is 39.6. The zero-order chi connectivity index (χ0) is 87.9. The van der Waals surface area contributed by atoms with E-state index in [9.17, 15) is 19.2 Å². The number of ether oxygens (including phenoxy) is 4. The molecule has 3 heterocycles. The lowest BCUT2D eigenvalue weighted by molar-refractivity contribution is -0.154. The van der Waals surface area contributed by atoms with Gasteiger partial charge >= 0.3 is 6.09 Å². The maximum absolute atomic E-state index is 11.0. The fraction of sp³-hybridized carbons (Fsp3) is 0.962. The summed E-state index contributed by atoms with van der Waals surface area (Å²) in [4.78, 5) is 49.1. The van der Waals surface area contributed by atoms with Gasteiger partial charge in [-0.2, -0.15) is 0 Å². The number of alkyl carbamates (subject to hydrolysis) is 1. The van der Waals surface area contributed by atoms with Crippen molar-refractivity contribution in [3.63, 3.8) is 0 Å². The Morgan fingerprint density at radius 2 is 0.603 bits per heavy atom. The molecule has 4 amide bonds. The Kier molecular flexibility index (Phi) is 49.8. The molecule has 11 aliphatic carbocycles. The van der Waals surface area contributed by atoms with Crippen LogP contribution in [-0.4, -0.2) is 121 Å². The standard InChI is InChI=1S/C11H20O2.C11H20O.3C10H19NO.3C8H16.C7H13NO2.3C7H14/c1-7(2)8-5-9-10(6-8)13-11(3,4)12-9;1-8(2)10-6-9-4-3-5-12-11(9)7-10;3*1-7(2)9-5-10(6-9)11(4)8(3)12;3*1-6(2)8-4-7(3)5-8;1-5(2)3-6-4-8-7(9)10-6;3*1-6(2)7-4-3-5-7/h7-10H,5-6H2,1-4H3;8-11H,3-7H2,1-2H3;3*7,9-10H,5-6H2,1-4H3;3*6-8H,4-5H2,1-3H3;5-6H,3-4H2,1-2H3,(H,8,9);3*6-7H,3-5H2,1-2H3/t8?,9-,10+;;;;;;;;;;;. The summed E-state index contributed by atoms with van der Waals surface area (Å²) in [5, 5.41) is 2.61. The average Bonchev–Trinajstić information content (AvgIpc) is 1.62. The summed E-state index contributed by atoms with van der Waals surface area (Å²) >= 11 is 0. The van der Waals surface area contributed by atoms with Crippen LogP contribution in [-0.2, 0) is 33.3 Å². The zero-order valence-electron chi connectivity index (χ0n) is 83.5. The van der Waals surface area contributed by atoms with E-state index < -0.39 is 0 Å². The lowest BCUT2D eigenvalue weighted by Crippen LogP contribution is -2.46. The number of carbonyl (C=O) groups excluding carboxylic acids is 4. The van der Waals surface area contributed by atoms with Crippen LogP contribution in [0.4, 0.5) is 4.79 Å². The molecule has 14 aliphatic rings. The van der Waals surface area contributed by atoms with E-state index in [1.54, 1.807) is 20.8 Å². The first-order valence-corrected chi connectivity index (χ1v) is 49.6. The molecule has 5 unspecified atom stereocenters. The monoisotopic (exact) mass is 1630 g/mol. The van der Waals surface area contributed by atoms with Gasteiger partial charge in [0.2, 0.25) is 17.7 Å². The Balaban J connectivity index is 0.000000329. The molecule has 11 saturated carbocycles. The van der Waals surface area contributed by atoms with E-state index in [1.165, 1.54) is 173 Å². The molecule has 116 heavy (non-hydrogen) atoms. The van der Waals surface area contributed by atoms with E-state index in [0.29, 0.717) is 48.9 Å². The molecule has 1 N–H and O–H groups in total. The average molecular weight is 1630 g/mol. The quantitative estimate of drug-likeness (QED) is 0.162. The van der Waals surface area contributed by atoms with E-state index in [1.807, 2.05) is 49.7 Å². The molecule has 3 saturated heterocycles. The van der Waals surface area contributed by atoms with E-state index in [-0.39, 0.29) is 35.7 Å². The highest BCUT2D eigenvalue weighted by Crippen LogP contribution is 2.46. The molecule has 14 rings (SSSR count). The second kappa shape index (κ2) is 53.7. The number of carbonyl (C=O) groups is 4. The minimum absolute atomic E-state index is 0.104. The van der Waals surface area contributed by atoms with Crippen molar-refractivity contribution in [2.24, 2.45) is 160 Å². The van der Waals surface area contributed by atoms with Crippen LogP contribution in [0, 0.1) is 160 Å². The van der Waals surface area contributed by atoms with Gasteiger partial charge in [0.05, 0.1) is 24.9 Å². The SMILES string of the molecule is CC(=O)N(C)C1CC(C(C)C)C1.CC(=O)N(C)C1CC(C(C)C)C1.CC(=O)N(C)C1CC(C(C)C)C1.CC(C)C1CC2CCCOC2C1.CC(C)C1CCC1.CC(C)C1CCC1.CC(C)C1CCC1.CC(C)C1C[C@@H]2OC(C)(C)O[C@@H]2C1.CC(C)CC1CNC(=O)O1.CC1CC(C(C)C)C1.CC1CC(C(C)C)C1.CC1CC(C(C)C)C1. The Morgan fingerprint density at radius 1 is 0.353 bits per heavy atom. The minimum Gasteiger partial charge on any atom is -0.444 e. The summed E-state index contributed by atoms with van der Waals surface area (Å²) in [6, 6.07) is 1.57. The molecule has 0 bridgehead atoms. The van der Waals surface area contributed by atoms with Crippen LogP contribution in [0.3, 0.4) is 0 Å². The van der Waals surface area contributed by atoms with E-state index in [4.69, 9.17) is 18.9 Å². The predicted molar refractivity (Wildman–Crippen MR) is 495 cm³/mol. The Labute approximate surface area is 721 Å². The van der Waals surface area contributed by atoms with Crippen LogP contribution < -0.4 is 5.32 Å². The van der Waals surface area contributed by atoms with Gasteiger partial charge in [0.1, 0.15) is 6.10 Å². The van der Waals surface area contributed by atoms with Crippen LogP contribution in [0.15, 0.2) is 0 Å². The summed E-state index contributed by atoms with van der Waals surface area (Å²) in [6.07, 6.45) is 39.6. The van der Waals surface area contributed by atoms with Crippen LogP contribution in [0.25, 0.3) is 0 Å². The lowest BCUT2D eigenvalue weighted by Gasteiger charge is -2.42. The number of nitrogens with one attached hydrogen (secondary N) is 1. The van der Waals surface area contributed by atoms with Crippen molar-refractivity contribution in [2.45, 2.75) is 450 Å². The third-order valence-corrected chi connectivity index (χ3v) is 31.2. The third-order valence-electron chi connectivity index (χ3n) is 31.2. The van der Waals surface area contributed by atoms with Crippen LogP contribution in [0.5, 0.6) is 0 Å². The summed E-state index contributed by atoms with van der Waals surface area (Å²) in [5.41, 5.74) is 0. The second-order valence-electron chi connectivity index (χ2n) is 45.3. The number of amides is 4. The smallest absolute Gasteiger partial charge is 0.407 e. The van der Waals surface area contributed by atoms with Gasteiger partial charge in [-0.3, -0.25) is 14.4 Å². The van der Waals surface area contributed by atoms with Crippen LogP contribution in [0.1, 0.15) is 401 Å². The van der Waals surface area contributed by atoms with Crippen molar-refractivity contribution in [1.29, 1.82) is 0 Å². The van der Waals surface area contributed by atoms with Gasteiger partial charge in [-0.25, -0.2) is 4.79 Å². The number of nitrogens with zero attached hydrogens (tertiary/aromatic N) is 3. The van der Waals surface area contributed by atoms with Gasteiger partial charge in [0.25, 0.3) is 0 Å². The van der Waals surface area contributed by atoms with Crippen molar-refractivity contribution in [1.82, 2.24) is 20.0 Å². The zero-order valence-corrected chi connectivity index (χ0v) is 83.5. The van der Waals surface area contributed by atoms with Gasteiger partial charge in [0, 0.05) is 66.6 Å². The summed E-state index contributed by atoms with van der Waals surface area (Å²) < 4.78 is 22.4. The maximum Gasteiger partial charge on any atom is 0.407 e. The highest BCUT2D eigenvalue weighted by Gasteiger charge is 2.48. The van der Waals surface area contributed by atoms with Crippen molar-refractivity contribution < 1.29 is 38.1 Å². The van der Waals surface area contributed by atoms with Crippen molar-refractivity contribution >= 4 is 23.8 Å². The molecule has 12 heteroatoms. The molecule has 3 aliphatic heterocycles. The molecule has 0 aromatic rings. The molecule has 0 aromatic carbocycles. The maximum atomic E-state index is 11.0. The van der Waals surface area contributed by atoms with Crippen LogP contribution >= 0.6 is 0 Å². The van der Waals surface area contributed by atoms with Crippen LogP contribution in [0.2, 0.25) is 0 Å². The number of cyclic esters (lactones) is 1. The van der Waals surface area contributed by atoms with Crippen molar-refractivity contribution in [3.8, 4) is 0 Å². The summed E-state index contributed by atoms with van der Waals surface area (Å²) in [7, 11) is 5.72.